The van der Waals surface area contributed by atoms with Crippen LogP contribution in [0, 0.1) is 0 Å². The van der Waals surface area contributed by atoms with Gasteiger partial charge in [0.2, 0.25) is 0 Å². The van der Waals surface area contributed by atoms with Crippen LogP contribution in [-0.2, 0) is 0 Å². The summed E-state index contributed by atoms with van der Waals surface area (Å²) in [6.07, 6.45) is 0. The van der Waals surface area contributed by atoms with Gasteiger partial charge in [-0.25, -0.2) is 0 Å². The van der Waals surface area contributed by atoms with Crippen LogP contribution >= 0.6 is 11.8 Å². The fourth-order valence-electron chi connectivity index (χ4n) is 0.770. The molecule has 0 aromatic heterocycles. The number of hydrogen-bond donors (Lipinski definition) is 3. The molecule has 0 unspecified atom stereocenters. The lowest BCUT2D eigenvalue weighted by Gasteiger charge is -2.01. The molecule has 0 aliphatic rings. The number of thioether (sulfide) groups is 1. The van der Waals surface area contributed by atoms with E-state index in [2.05, 4.69) is 0 Å². The molecule has 0 atom stereocenters. The fourth-order valence-corrected chi connectivity index (χ4v) is 1.48. The van der Waals surface area contributed by atoms with Gasteiger partial charge >= 0.3 is 0 Å². The smallest absolute Gasteiger partial charge is 0.158 e. The van der Waals surface area contributed by atoms with E-state index in [0.29, 0.717) is 6.54 Å². The molecule has 0 amide bonds. The minimum absolute atomic E-state index is 0.0861. The van der Waals surface area contributed by atoms with Crippen LogP contribution in [0.15, 0.2) is 23.1 Å². The summed E-state index contributed by atoms with van der Waals surface area (Å²) < 4.78 is 0. The number of phenols is 2. The molecule has 0 heterocycles. The molecule has 4 N–H and O–H groups in total. The molecule has 1 aromatic rings. The van der Waals surface area contributed by atoms with Crippen molar-refractivity contribution in [1.29, 1.82) is 0 Å². The average molecular weight is 185 g/mol. The maximum Gasteiger partial charge on any atom is 0.158 e. The van der Waals surface area contributed by atoms with Crippen LogP contribution in [0.5, 0.6) is 11.5 Å². The summed E-state index contributed by atoms with van der Waals surface area (Å²) in [6.45, 7) is 0.603. The Morgan fingerprint density at radius 2 is 2.00 bits per heavy atom. The summed E-state index contributed by atoms with van der Waals surface area (Å²) in [5, 5.41) is 18.1. The lowest BCUT2D eigenvalue weighted by Crippen LogP contribution is -2.00. The average Bonchev–Trinajstić information content (AvgIpc) is 2.07. The highest BCUT2D eigenvalue weighted by Gasteiger charge is 1.99. The number of aromatic hydroxyl groups is 2. The van der Waals surface area contributed by atoms with Gasteiger partial charge in [0.15, 0.2) is 11.5 Å². The summed E-state index contributed by atoms with van der Waals surface area (Å²) >= 11 is 1.55. The largest absolute Gasteiger partial charge is 0.504 e. The van der Waals surface area contributed by atoms with Gasteiger partial charge in [-0.3, -0.25) is 0 Å². The van der Waals surface area contributed by atoms with Crippen LogP contribution in [0.4, 0.5) is 0 Å². The first kappa shape index (κ1) is 9.22. The van der Waals surface area contributed by atoms with E-state index in [4.69, 9.17) is 15.9 Å². The Labute approximate surface area is 75.2 Å². The standard InChI is InChI=1S/C8H11NO2S/c9-3-4-12-6-1-2-7(10)8(11)5-6/h1-2,5,10-11H,3-4,9H2. The van der Waals surface area contributed by atoms with Crippen LogP contribution in [0.1, 0.15) is 0 Å². The second kappa shape index (κ2) is 4.23. The van der Waals surface area contributed by atoms with Crippen molar-refractivity contribution in [2.45, 2.75) is 4.90 Å². The van der Waals surface area contributed by atoms with Gasteiger partial charge in [-0.15, -0.1) is 11.8 Å². The normalized spacial score (nSPS) is 10.1. The zero-order valence-electron chi connectivity index (χ0n) is 6.53. The molecule has 1 aromatic carbocycles. The number of benzene rings is 1. The number of hydrogen-bond acceptors (Lipinski definition) is 4. The summed E-state index contributed by atoms with van der Waals surface area (Å²) in [7, 11) is 0. The maximum absolute atomic E-state index is 9.10. The van der Waals surface area contributed by atoms with Gasteiger partial charge in [0.05, 0.1) is 0 Å². The first-order chi connectivity index (χ1) is 5.74. The first-order valence-electron chi connectivity index (χ1n) is 3.59. The molecule has 0 aliphatic heterocycles. The molecule has 4 heteroatoms. The van der Waals surface area contributed by atoms with E-state index in [9.17, 15) is 0 Å². The van der Waals surface area contributed by atoms with Gasteiger partial charge in [-0.1, -0.05) is 0 Å². The molecule has 0 saturated heterocycles. The highest BCUT2D eigenvalue weighted by atomic mass is 32.2. The molecule has 66 valence electrons. The number of phenolic OH excluding ortho intramolecular Hbond substituents is 2. The van der Waals surface area contributed by atoms with E-state index in [1.165, 1.54) is 12.1 Å². The SMILES string of the molecule is NCCSc1ccc(O)c(O)c1. The van der Waals surface area contributed by atoms with Crippen LogP contribution in [-0.4, -0.2) is 22.5 Å². The van der Waals surface area contributed by atoms with E-state index in [-0.39, 0.29) is 11.5 Å². The summed E-state index contributed by atoms with van der Waals surface area (Å²) in [4.78, 5) is 0.913. The predicted octanol–water partition coefficient (Wildman–Crippen LogP) is 1.15. The van der Waals surface area contributed by atoms with Crippen molar-refractivity contribution in [3.63, 3.8) is 0 Å². The highest BCUT2D eigenvalue weighted by molar-refractivity contribution is 7.99. The van der Waals surface area contributed by atoms with Gasteiger partial charge in [0.1, 0.15) is 0 Å². The van der Waals surface area contributed by atoms with Gasteiger partial charge in [-0.2, -0.15) is 0 Å². The highest BCUT2D eigenvalue weighted by Crippen LogP contribution is 2.29. The Bertz CT molecular complexity index is 265. The van der Waals surface area contributed by atoms with Crippen molar-refractivity contribution in [2.75, 3.05) is 12.3 Å². The molecule has 0 spiro atoms. The summed E-state index contributed by atoms with van der Waals surface area (Å²) in [5.74, 6) is 0.633. The third-order valence-electron chi connectivity index (χ3n) is 1.33. The van der Waals surface area contributed by atoms with Crippen molar-refractivity contribution in [2.24, 2.45) is 5.73 Å². The van der Waals surface area contributed by atoms with Crippen LogP contribution < -0.4 is 5.73 Å². The van der Waals surface area contributed by atoms with Crippen LogP contribution in [0.3, 0.4) is 0 Å². The molecular formula is C8H11NO2S. The lowest BCUT2D eigenvalue weighted by atomic mass is 10.3. The second-order valence-corrected chi connectivity index (χ2v) is 3.46. The molecule has 0 bridgehead atoms. The van der Waals surface area contributed by atoms with E-state index in [1.54, 1.807) is 17.8 Å². The Kier molecular flexibility index (Phi) is 3.25. The molecule has 1 rings (SSSR count). The van der Waals surface area contributed by atoms with Crippen molar-refractivity contribution >= 4 is 11.8 Å². The Morgan fingerprint density at radius 3 is 2.58 bits per heavy atom. The van der Waals surface area contributed by atoms with Crippen molar-refractivity contribution in [3.8, 4) is 11.5 Å². The minimum Gasteiger partial charge on any atom is -0.504 e. The molecule has 12 heavy (non-hydrogen) atoms. The minimum atomic E-state index is -0.0906. The predicted molar refractivity (Wildman–Crippen MR) is 49.6 cm³/mol. The Morgan fingerprint density at radius 1 is 1.25 bits per heavy atom. The van der Waals surface area contributed by atoms with Gasteiger partial charge in [0, 0.05) is 17.2 Å². The third-order valence-corrected chi connectivity index (χ3v) is 2.36. The molecular weight excluding hydrogens is 174 g/mol. The van der Waals surface area contributed by atoms with Crippen molar-refractivity contribution in [1.82, 2.24) is 0 Å². The van der Waals surface area contributed by atoms with Crippen molar-refractivity contribution in [3.05, 3.63) is 18.2 Å². The van der Waals surface area contributed by atoms with E-state index in [0.717, 1.165) is 10.6 Å². The molecule has 0 radical (unpaired) electrons. The van der Waals surface area contributed by atoms with Crippen LogP contribution in [0.2, 0.25) is 0 Å². The number of rotatable bonds is 3. The van der Waals surface area contributed by atoms with Gasteiger partial charge in [-0.05, 0) is 18.2 Å². The molecule has 3 nitrogen and oxygen atoms in total. The molecule has 0 aliphatic carbocycles. The molecule has 0 fully saturated rings. The Balaban J connectivity index is 2.69. The number of nitrogens with two attached hydrogens (primary N) is 1. The zero-order chi connectivity index (χ0) is 8.97. The van der Waals surface area contributed by atoms with Gasteiger partial charge < -0.3 is 15.9 Å². The molecule has 0 saturated carbocycles. The zero-order valence-corrected chi connectivity index (χ0v) is 7.34. The quantitative estimate of drug-likeness (QED) is 0.488. The van der Waals surface area contributed by atoms with Gasteiger partial charge in [0.25, 0.3) is 0 Å². The maximum atomic E-state index is 9.10. The third kappa shape index (κ3) is 2.32. The van der Waals surface area contributed by atoms with E-state index < -0.39 is 0 Å². The first-order valence-corrected chi connectivity index (χ1v) is 4.57. The topological polar surface area (TPSA) is 66.5 Å². The van der Waals surface area contributed by atoms with E-state index >= 15 is 0 Å². The second-order valence-electron chi connectivity index (χ2n) is 2.29. The Hall–Kier alpha value is -0.870. The lowest BCUT2D eigenvalue weighted by molar-refractivity contribution is 0.402. The van der Waals surface area contributed by atoms with Crippen molar-refractivity contribution < 1.29 is 10.2 Å². The van der Waals surface area contributed by atoms with Crippen LogP contribution in [0.25, 0.3) is 0 Å². The van der Waals surface area contributed by atoms with E-state index in [1.807, 2.05) is 0 Å². The fraction of sp³-hybridized carbons (Fsp3) is 0.250. The summed E-state index contributed by atoms with van der Waals surface area (Å²) in [5.41, 5.74) is 5.31. The monoisotopic (exact) mass is 185 g/mol. The summed E-state index contributed by atoms with van der Waals surface area (Å²) in [6, 6.07) is 4.74.